The Labute approximate surface area is 297 Å². The average molecular weight is 706 g/mol. The number of hydrogen-bond acceptors (Lipinski definition) is 10. The summed E-state index contributed by atoms with van der Waals surface area (Å²) in [6.07, 6.45) is 9.18. The molecule has 0 spiro atoms. The first-order valence-corrected chi connectivity index (χ1v) is 17.2. The molecule has 0 rings (SSSR count). The molecule has 0 saturated carbocycles. The molecule has 0 saturated heterocycles. The highest BCUT2D eigenvalue weighted by atomic mass is 16.6. The molecule has 13 heteroatoms. The molecule has 13 nitrogen and oxygen atoms in total. The summed E-state index contributed by atoms with van der Waals surface area (Å²) in [4.78, 5) is 58.0. The topological polar surface area (TPSA) is 168 Å². The fourth-order valence-corrected chi connectivity index (χ4v) is 4.30. The van der Waals surface area contributed by atoms with Crippen LogP contribution in [0, 0.1) is 0 Å². The Morgan fingerprint density at radius 3 is 1.16 bits per heavy atom. The number of carbonyl (C=O) groups excluding carboxylic acids is 5. The van der Waals surface area contributed by atoms with Gasteiger partial charge in [0.05, 0.1) is 13.2 Å². The van der Waals surface area contributed by atoms with Gasteiger partial charge in [-0.25, -0.2) is 0 Å². The zero-order valence-electron chi connectivity index (χ0n) is 29.7. The molecule has 0 fully saturated rings. The molecule has 282 valence electrons. The van der Waals surface area contributed by atoms with Crippen LogP contribution in [0.3, 0.4) is 0 Å². The summed E-state index contributed by atoms with van der Waals surface area (Å²) >= 11 is 0. The van der Waals surface area contributed by atoms with Crippen LogP contribution in [-0.4, -0.2) is 113 Å². The minimum absolute atomic E-state index is 0.0242. The Bertz CT molecular complexity index is 983. The highest BCUT2D eigenvalue weighted by Crippen LogP contribution is 2.17. The van der Waals surface area contributed by atoms with Crippen molar-refractivity contribution in [3.8, 4) is 0 Å². The first kappa shape index (κ1) is 46.2. The van der Waals surface area contributed by atoms with Crippen molar-refractivity contribution in [1.29, 1.82) is 0 Å². The third-order valence-corrected chi connectivity index (χ3v) is 7.07. The Morgan fingerprint density at radius 2 is 0.820 bits per heavy atom. The fourth-order valence-electron chi connectivity index (χ4n) is 4.30. The predicted molar refractivity (Wildman–Crippen MR) is 192 cm³/mol. The zero-order valence-corrected chi connectivity index (χ0v) is 29.7. The second kappa shape index (κ2) is 32.5. The molecular formula is C37H59N3O10. The highest BCUT2D eigenvalue weighted by Gasteiger charge is 2.33. The van der Waals surface area contributed by atoms with Gasteiger partial charge in [-0.05, 0) is 75.3 Å². The number of nitrogens with one attached hydrogen (secondary N) is 3. The fraction of sp³-hybridized carbons (Fsp3) is 0.595. The summed E-state index contributed by atoms with van der Waals surface area (Å²) < 4.78 is 31.0. The Kier molecular flexibility index (Phi) is 30.0. The molecule has 1 unspecified atom stereocenters. The normalized spacial score (nSPS) is 12.5. The van der Waals surface area contributed by atoms with Gasteiger partial charge in [0.1, 0.15) is 18.3 Å². The van der Waals surface area contributed by atoms with Crippen LogP contribution < -0.4 is 16.0 Å². The van der Waals surface area contributed by atoms with E-state index in [9.17, 15) is 24.0 Å². The lowest BCUT2D eigenvalue weighted by Crippen LogP contribution is -2.48. The van der Waals surface area contributed by atoms with Crippen molar-refractivity contribution in [1.82, 2.24) is 16.0 Å². The van der Waals surface area contributed by atoms with Crippen molar-refractivity contribution in [3.63, 3.8) is 0 Å². The van der Waals surface area contributed by atoms with E-state index in [0.29, 0.717) is 90.6 Å². The van der Waals surface area contributed by atoms with Gasteiger partial charge in [-0.15, -0.1) is 0 Å². The number of allylic oxidation sites excluding steroid dienone is 2. The Balaban J connectivity index is 5.88. The quantitative estimate of drug-likeness (QED) is 0.0651. The van der Waals surface area contributed by atoms with Crippen LogP contribution in [0.1, 0.15) is 57.8 Å². The van der Waals surface area contributed by atoms with Gasteiger partial charge < -0.3 is 39.6 Å². The lowest BCUT2D eigenvalue weighted by atomic mass is 10.1. The van der Waals surface area contributed by atoms with Gasteiger partial charge in [0.2, 0.25) is 17.7 Å². The number of ketones is 2. The summed E-state index contributed by atoms with van der Waals surface area (Å²) in [5.41, 5.74) is 0. The average Bonchev–Trinajstić information content (AvgIpc) is 3.13. The van der Waals surface area contributed by atoms with E-state index >= 15 is 0 Å². The van der Waals surface area contributed by atoms with Crippen LogP contribution in [-0.2, 0) is 47.7 Å². The lowest BCUT2D eigenvalue weighted by molar-refractivity contribution is -0.170. The van der Waals surface area contributed by atoms with Crippen LogP contribution >= 0.6 is 0 Å². The summed E-state index contributed by atoms with van der Waals surface area (Å²) in [5, 5.41) is 8.18. The van der Waals surface area contributed by atoms with Gasteiger partial charge in [0, 0.05) is 65.5 Å². The number of amides is 3. The highest BCUT2D eigenvalue weighted by molar-refractivity contribution is 5.89. The van der Waals surface area contributed by atoms with E-state index in [1.54, 1.807) is 0 Å². The molecule has 0 aliphatic carbocycles. The monoisotopic (exact) mass is 705 g/mol. The van der Waals surface area contributed by atoms with E-state index in [4.69, 9.17) is 23.7 Å². The summed E-state index contributed by atoms with van der Waals surface area (Å²) in [6.45, 7) is 20.3. The minimum atomic E-state index is -0.680. The Hall–Kier alpha value is -3.75. The van der Waals surface area contributed by atoms with Gasteiger partial charge in [-0.3, -0.25) is 24.0 Å². The van der Waals surface area contributed by atoms with Gasteiger partial charge in [-0.2, -0.15) is 0 Å². The number of hydrogen-bond donors (Lipinski definition) is 3. The van der Waals surface area contributed by atoms with Crippen molar-refractivity contribution in [2.45, 2.75) is 76.1 Å². The van der Waals surface area contributed by atoms with Crippen LogP contribution in [0.15, 0.2) is 63.3 Å². The van der Waals surface area contributed by atoms with E-state index in [1.807, 2.05) is 0 Å². The summed E-state index contributed by atoms with van der Waals surface area (Å²) in [7, 11) is 0. The van der Waals surface area contributed by atoms with Gasteiger partial charge in [0.15, 0.2) is 11.6 Å². The second-order valence-corrected chi connectivity index (χ2v) is 11.1. The third-order valence-electron chi connectivity index (χ3n) is 7.07. The van der Waals surface area contributed by atoms with Crippen molar-refractivity contribution in [2.75, 3.05) is 65.9 Å². The molecule has 0 aromatic carbocycles. The number of rotatable bonds is 36. The van der Waals surface area contributed by atoms with E-state index in [-0.39, 0.29) is 62.3 Å². The minimum Gasteiger partial charge on any atom is -0.379 e. The Morgan fingerprint density at radius 1 is 0.460 bits per heavy atom. The molecule has 3 N–H and O–H groups in total. The molecular weight excluding hydrogens is 646 g/mol. The van der Waals surface area contributed by atoms with E-state index < -0.39 is 18.3 Å². The van der Waals surface area contributed by atoms with Crippen LogP contribution in [0.2, 0.25) is 0 Å². The zero-order chi connectivity index (χ0) is 37.2. The van der Waals surface area contributed by atoms with Gasteiger partial charge in [-0.1, -0.05) is 32.9 Å². The summed E-state index contributed by atoms with van der Waals surface area (Å²) in [6, 6.07) is 0. The van der Waals surface area contributed by atoms with E-state index in [2.05, 4.69) is 48.8 Å². The van der Waals surface area contributed by atoms with Gasteiger partial charge in [0.25, 0.3) is 0 Å². The number of carbonyl (C=O) groups is 5. The molecule has 3 amide bonds. The molecule has 0 aromatic rings. The van der Waals surface area contributed by atoms with Crippen molar-refractivity contribution >= 4 is 29.3 Å². The SMILES string of the molecule is C=CC(=O)CCCCOC[C@H](OCCCNC(=O)C=C)C(OCCCNC(=O)C=C)[C@@H](COCCCCC(=O)C=C)OCCCNC(=O)C=C. The maximum absolute atomic E-state index is 11.6. The molecule has 50 heavy (non-hydrogen) atoms. The predicted octanol–water partition coefficient (Wildman–Crippen LogP) is 3.10. The first-order valence-electron chi connectivity index (χ1n) is 17.2. The van der Waals surface area contributed by atoms with Crippen LogP contribution in [0.4, 0.5) is 0 Å². The van der Waals surface area contributed by atoms with E-state index in [0.717, 1.165) is 0 Å². The van der Waals surface area contributed by atoms with Crippen molar-refractivity contribution in [3.05, 3.63) is 63.3 Å². The van der Waals surface area contributed by atoms with Crippen molar-refractivity contribution in [2.24, 2.45) is 0 Å². The lowest BCUT2D eigenvalue weighted by Gasteiger charge is -2.34. The molecule has 0 aliphatic rings. The smallest absolute Gasteiger partial charge is 0.243 e. The number of ether oxygens (including phenoxy) is 5. The maximum atomic E-state index is 11.6. The largest absolute Gasteiger partial charge is 0.379 e. The molecule has 3 atom stereocenters. The van der Waals surface area contributed by atoms with Crippen LogP contribution in [0.25, 0.3) is 0 Å². The van der Waals surface area contributed by atoms with Crippen LogP contribution in [0.5, 0.6) is 0 Å². The first-order chi connectivity index (χ1) is 24.2. The summed E-state index contributed by atoms with van der Waals surface area (Å²) in [5.74, 6) is -0.906. The molecule has 0 aromatic heterocycles. The van der Waals surface area contributed by atoms with Crippen molar-refractivity contribution < 1.29 is 47.7 Å². The second-order valence-electron chi connectivity index (χ2n) is 11.1. The maximum Gasteiger partial charge on any atom is 0.243 e. The van der Waals surface area contributed by atoms with Gasteiger partial charge >= 0.3 is 0 Å². The molecule has 0 heterocycles. The molecule has 0 radical (unpaired) electrons. The van der Waals surface area contributed by atoms with E-state index in [1.165, 1.54) is 30.4 Å². The number of unbranched alkanes of at least 4 members (excludes halogenated alkanes) is 2. The molecule has 0 bridgehead atoms. The molecule has 0 aliphatic heterocycles. The third kappa shape index (κ3) is 26.2. The standard InChI is InChI=1S/C37H59N3O10/c1-6-30(41)18-11-13-23-46-28-32(48-25-15-20-38-34(43)8-3)37(50-27-17-22-40-36(45)10-5)33(49-26-16-21-39-35(44)9-4)29-47-24-14-12-19-31(42)7-2/h6-10,32-33,37H,1-5,11-29H2,(H,38,43)(H,39,44)(H,40,45)/t32-,33+,37?.